The van der Waals surface area contributed by atoms with Crippen LogP contribution in [0.15, 0.2) is 48.5 Å². The monoisotopic (exact) mass is 283 g/mol. The van der Waals surface area contributed by atoms with E-state index >= 15 is 0 Å². The highest BCUT2D eigenvalue weighted by atomic mass is 16.3. The maximum absolute atomic E-state index is 11.4. The summed E-state index contributed by atoms with van der Waals surface area (Å²) in [5.41, 5.74) is 2.45. The van der Waals surface area contributed by atoms with Crippen LogP contribution in [-0.4, -0.2) is 16.9 Å². The molecule has 1 aliphatic heterocycles. The zero-order chi connectivity index (χ0) is 15.4. The van der Waals surface area contributed by atoms with Crippen molar-refractivity contribution in [2.24, 2.45) is 0 Å². The van der Waals surface area contributed by atoms with Gasteiger partial charge in [-0.1, -0.05) is 48.0 Å². The summed E-state index contributed by atoms with van der Waals surface area (Å²) < 4.78 is 0. The van der Waals surface area contributed by atoms with Crippen molar-refractivity contribution in [2.45, 2.75) is 20.0 Å². The van der Waals surface area contributed by atoms with Crippen molar-refractivity contribution in [3.63, 3.8) is 0 Å². The fraction of sp³-hybridized carbons (Fsp3) is 0.176. The van der Waals surface area contributed by atoms with E-state index in [4.69, 9.17) is 0 Å². The van der Waals surface area contributed by atoms with Crippen LogP contribution in [0.3, 0.4) is 0 Å². The summed E-state index contributed by atoms with van der Waals surface area (Å²) in [6.45, 7) is 3.64. The molecule has 108 valence electrons. The quantitative estimate of drug-likeness (QED) is 0.791. The standard InChI is InChI=1S/C10H9NO3.C7H8/c1-5(12)6-3-2-4-7-8(6)10(14)11-9(7)13;1-7-5-3-2-4-6-7/h2-5,12H,1H3,(H,11,13,14);2-6H,1H3. The van der Waals surface area contributed by atoms with Crippen LogP contribution in [0.1, 0.15) is 44.9 Å². The lowest BCUT2D eigenvalue weighted by atomic mass is 9.99. The molecule has 2 aromatic rings. The maximum Gasteiger partial charge on any atom is 0.259 e. The number of aliphatic hydroxyl groups is 1. The molecule has 2 aromatic carbocycles. The normalized spacial score (nSPS) is 13.9. The highest BCUT2D eigenvalue weighted by Crippen LogP contribution is 2.24. The first-order chi connectivity index (χ1) is 10.0. The Morgan fingerprint density at radius 1 is 0.952 bits per heavy atom. The second kappa shape index (κ2) is 6.33. The van der Waals surface area contributed by atoms with E-state index < -0.39 is 17.9 Å². The number of fused-ring (bicyclic) bond motifs is 1. The van der Waals surface area contributed by atoms with E-state index in [0.717, 1.165) is 0 Å². The Labute approximate surface area is 123 Å². The highest BCUT2D eigenvalue weighted by Gasteiger charge is 2.29. The summed E-state index contributed by atoms with van der Waals surface area (Å²) in [5, 5.41) is 11.6. The van der Waals surface area contributed by atoms with E-state index in [1.54, 1.807) is 25.1 Å². The molecule has 0 saturated carbocycles. The Hall–Kier alpha value is -2.46. The van der Waals surface area contributed by atoms with E-state index in [9.17, 15) is 14.7 Å². The Morgan fingerprint density at radius 2 is 1.62 bits per heavy atom. The Morgan fingerprint density at radius 3 is 2.14 bits per heavy atom. The first kappa shape index (κ1) is 14.9. The summed E-state index contributed by atoms with van der Waals surface area (Å²) in [5.74, 6) is -0.825. The first-order valence-electron chi connectivity index (χ1n) is 6.69. The van der Waals surface area contributed by atoms with E-state index in [1.807, 2.05) is 18.2 Å². The summed E-state index contributed by atoms with van der Waals surface area (Å²) in [7, 11) is 0. The van der Waals surface area contributed by atoms with Gasteiger partial charge in [-0.15, -0.1) is 0 Å². The van der Waals surface area contributed by atoms with Crippen LogP contribution < -0.4 is 5.32 Å². The zero-order valence-corrected chi connectivity index (χ0v) is 12.0. The molecule has 21 heavy (non-hydrogen) atoms. The number of hydrogen-bond acceptors (Lipinski definition) is 3. The molecule has 1 atom stereocenters. The predicted molar refractivity (Wildman–Crippen MR) is 80.1 cm³/mol. The molecule has 3 rings (SSSR count). The van der Waals surface area contributed by atoms with Crippen molar-refractivity contribution in [2.75, 3.05) is 0 Å². The molecule has 0 aliphatic carbocycles. The molecule has 1 heterocycles. The van der Waals surface area contributed by atoms with E-state index in [0.29, 0.717) is 16.7 Å². The van der Waals surface area contributed by atoms with Gasteiger partial charge in [-0.05, 0) is 25.5 Å². The molecule has 0 radical (unpaired) electrons. The Balaban J connectivity index is 0.000000194. The smallest absolute Gasteiger partial charge is 0.259 e. The van der Waals surface area contributed by atoms with Crippen LogP contribution in [0.2, 0.25) is 0 Å². The largest absolute Gasteiger partial charge is 0.389 e. The van der Waals surface area contributed by atoms with Crippen molar-refractivity contribution >= 4 is 11.8 Å². The number of aliphatic hydroxyl groups excluding tert-OH is 1. The summed E-state index contributed by atoms with van der Waals surface area (Å²) in [6, 6.07) is 15.1. The molecule has 4 heteroatoms. The van der Waals surface area contributed by atoms with Gasteiger partial charge in [-0.25, -0.2) is 0 Å². The molecule has 1 aliphatic rings. The topological polar surface area (TPSA) is 66.4 Å². The Kier molecular flexibility index (Phi) is 4.50. The minimum Gasteiger partial charge on any atom is -0.389 e. The summed E-state index contributed by atoms with van der Waals surface area (Å²) >= 11 is 0. The third-order valence-electron chi connectivity index (χ3n) is 3.19. The van der Waals surface area contributed by atoms with Gasteiger partial charge in [0.1, 0.15) is 0 Å². The number of rotatable bonds is 1. The van der Waals surface area contributed by atoms with Gasteiger partial charge < -0.3 is 5.11 Å². The van der Waals surface area contributed by atoms with Crippen LogP contribution in [0.25, 0.3) is 0 Å². The van der Waals surface area contributed by atoms with Crippen LogP contribution in [0.5, 0.6) is 0 Å². The highest BCUT2D eigenvalue weighted by molar-refractivity contribution is 6.22. The van der Waals surface area contributed by atoms with Crippen molar-refractivity contribution < 1.29 is 14.7 Å². The number of amides is 2. The van der Waals surface area contributed by atoms with Gasteiger partial charge in [-0.3, -0.25) is 14.9 Å². The van der Waals surface area contributed by atoms with E-state index in [2.05, 4.69) is 24.4 Å². The number of benzene rings is 2. The lowest BCUT2D eigenvalue weighted by Crippen LogP contribution is -2.20. The lowest BCUT2D eigenvalue weighted by Gasteiger charge is -2.07. The third-order valence-corrected chi connectivity index (χ3v) is 3.19. The number of aryl methyl sites for hydroxylation is 1. The lowest BCUT2D eigenvalue weighted by molar-refractivity contribution is 0.0877. The Bertz CT molecular complexity index is 663. The molecule has 1 unspecified atom stereocenters. The van der Waals surface area contributed by atoms with Crippen molar-refractivity contribution in [1.29, 1.82) is 0 Å². The average Bonchev–Trinajstić information content (AvgIpc) is 2.76. The van der Waals surface area contributed by atoms with Crippen molar-refractivity contribution in [3.8, 4) is 0 Å². The van der Waals surface area contributed by atoms with Gasteiger partial charge in [0.05, 0.1) is 17.2 Å². The molecule has 2 amide bonds. The molecule has 2 N–H and O–H groups in total. The van der Waals surface area contributed by atoms with Gasteiger partial charge in [0.15, 0.2) is 0 Å². The molecule has 0 spiro atoms. The molecule has 4 nitrogen and oxygen atoms in total. The second-order valence-corrected chi connectivity index (χ2v) is 4.88. The molecule has 0 fully saturated rings. The van der Waals surface area contributed by atoms with Crippen LogP contribution in [0.4, 0.5) is 0 Å². The number of hydrogen-bond donors (Lipinski definition) is 2. The van der Waals surface area contributed by atoms with Gasteiger partial charge in [0.25, 0.3) is 11.8 Å². The first-order valence-corrected chi connectivity index (χ1v) is 6.69. The minimum atomic E-state index is -0.749. The zero-order valence-electron chi connectivity index (χ0n) is 12.0. The molecule has 0 aromatic heterocycles. The number of carbonyl (C=O) groups is 2. The predicted octanol–water partition coefficient (Wildman–Crippen LogP) is 2.62. The third kappa shape index (κ3) is 3.35. The van der Waals surface area contributed by atoms with Crippen molar-refractivity contribution in [3.05, 3.63) is 70.8 Å². The number of nitrogens with one attached hydrogen (secondary N) is 1. The maximum atomic E-state index is 11.4. The minimum absolute atomic E-state index is 0.299. The fourth-order valence-electron chi connectivity index (χ4n) is 2.13. The van der Waals surface area contributed by atoms with E-state index in [1.165, 1.54) is 5.56 Å². The van der Waals surface area contributed by atoms with Crippen LogP contribution >= 0.6 is 0 Å². The van der Waals surface area contributed by atoms with Crippen LogP contribution in [-0.2, 0) is 0 Å². The van der Waals surface area contributed by atoms with Crippen LogP contribution in [0, 0.1) is 6.92 Å². The molecular weight excluding hydrogens is 266 g/mol. The fourth-order valence-corrected chi connectivity index (χ4v) is 2.13. The van der Waals surface area contributed by atoms with Gasteiger partial charge in [0, 0.05) is 0 Å². The number of carbonyl (C=O) groups excluding carboxylic acids is 2. The summed E-state index contributed by atoms with van der Waals surface area (Å²) in [6.07, 6.45) is -0.749. The molecular formula is C17H17NO3. The number of imide groups is 1. The average molecular weight is 283 g/mol. The van der Waals surface area contributed by atoms with E-state index in [-0.39, 0.29) is 0 Å². The summed E-state index contributed by atoms with van der Waals surface area (Å²) in [4.78, 5) is 22.6. The second-order valence-electron chi connectivity index (χ2n) is 4.88. The molecule has 0 bridgehead atoms. The van der Waals surface area contributed by atoms with Gasteiger partial charge in [-0.2, -0.15) is 0 Å². The van der Waals surface area contributed by atoms with Gasteiger partial charge in [0.2, 0.25) is 0 Å². The van der Waals surface area contributed by atoms with Gasteiger partial charge >= 0.3 is 0 Å². The molecule has 0 saturated heterocycles. The SMILES string of the molecule is CC(O)c1cccc2c1C(=O)NC2=O.Cc1ccccc1. The van der Waals surface area contributed by atoms with Crippen molar-refractivity contribution in [1.82, 2.24) is 5.32 Å².